The monoisotopic (exact) mass is 692 g/mol. The molecule has 0 aliphatic heterocycles. The molecule has 6 aromatic rings. The number of aromatic nitrogens is 4. The zero-order valence-corrected chi connectivity index (χ0v) is 33.3. The second-order valence-electron chi connectivity index (χ2n) is 17.8. The first-order chi connectivity index (χ1) is 24.5. The lowest BCUT2D eigenvalue weighted by molar-refractivity contribution is 0.389. The van der Waals surface area contributed by atoms with Crippen LogP contribution in [0.15, 0.2) is 90.6 Å². The van der Waals surface area contributed by atoms with Crippen molar-refractivity contribution in [1.82, 2.24) is 19.3 Å². The van der Waals surface area contributed by atoms with Crippen LogP contribution < -0.4 is 4.74 Å². The van der Waals surface area contributed by atoms with Gasteiger partial charge in [0.2, 0.25) is 0 Å². The Bertz CT molecular complexity index is 2320. The fourth-order valence-corrected chi connectivity index (χ4v) is 8.60. The lowest BCUT2D eigenvalue weighted by atomic mass is 9.71. The second kappa shape index (κ2) is 13.1. The molecule has 0 fully saturated rings. The SMILES string of the molecule is CC1=C[C@H](C)C[C@H](C)C1c1c(C)nn(-c2cc(Oc3ccc4c5ccccc5n(-c5cc(C(C)(C)C)ccn5)c4c3)cc(C(C)(C)C)c2)c1C(C)C. The maximum Gasteiger partial charge on any atom is 0.137 e. The van der Waals surface area contributed by atoms with Gasteiger partial charge in [0.15, 0.2) is 0 Å². The van der Waals surface area contributed by atoms with E-state index in [1.54, 1.807) is 0 Å². The Morgan fingerprint density at radius 1 is 0.769 bits per heavy atom. The summed E-state index contributed by atoms with van der Waals surface area (Å²) in [5.74, 6) is 4.34. The van der Waals surface area contributed by atoms with E-state index in [1.807, 2.05) is 6.20 Å². The number of para-hydroxylation sites is 1. The quantitative estimate of drug-likeness (QED) is 0.163. The van der Waals surface area contributed by atoms with Gasteiger partial charge in [-0.3, -0.25) is 4.57 Å². The Morgan fingerprint density at radius 3 is 2.17 bits per heavy atom. The summed E-state index contributed by atoms with van der Waals surface area (Å²) >= 11 is 0. The minimum Gasteiger partial charge on any atom is -0.457 e. The van der Waals surface area contributed by atoms with Crippen molar-refractivity contribution in [1.29, 1.82) is 0 Å². The first kappa shape index (κ1) is 35.7. The van der Waals surface area contributed by atoms with Crippen molar-refractivity contribution in [3.05, 3.63) is 119 Å². The molecule has 3 aromatic carbocycles. The van der Waals surface area contributed by atoms with Crippen LogP contribution in [0.3, 0.4) is 0 Å². The van der Waals surface area contributed by atoms with Gasteiger partial charge in [-0.1, -0.05) is 99.1 Å². The highest BCUT2D eigenvalue weighted by Crippen LogP contribution is 2.45. The number of hydrogen-bond donors (Lipinski definition) is 0. The molecule has 0 radical (unpaired) electrons. The van der Waals surface area contributed by atoms with Crippen molar-refractivity contribution in [2.45, 2.75) is 112 Å². The number of ether oxygens (including phenoxy) is 1. The third-order valence-electron chi connectivity index (χ3n) is 11.1. The largest absolute Gasteiger partial charge is 0.457 e. The van der Waals surface area contributed by atoms with Gasteiger partial charge in [0.05, 0.1) is 28.1 Å². The van der Waals surface area contributed by atoms with Crippen LogP contribution >= 0.6 is 0 Å². The number of pyridine rings is 1. The summed E-state index contributed by atoms with van der Waals surface area (Å²) in [4.78, 5) is 4.88. The molecule has 3 heterocycles. The van der Waals surface area contributed by atoms with E-state index in [9.17, 15) is 0 Å². The number of aryl methyl sites for hydroxylation is 1. The van der Waals surface area contributed by atoms with Gasteiger partial charge in [-0.25, -0.2) is 9.67 Å². The minimum absolute atomic E-state index is 0.00652. The predicted octanol–water partition coefficient (Wildman–Crippen LogP) is 12.9. The van der Waals surface area contributed by atoms with Crippen LogP contribution in [-0.2, 0) is 10.8 Å². The predicted molar refractivity (Wildman–Crippen MR) is 218 cm³/mol. The average Bonchev–Trinajstić information content (AvgIpc) is 3.58. The van der Waals surface area contributed by atoms with E-state index in [0.29, 0.717) is 23.7 Å². The van der Waals surface area contributed by atoms with Crippen molar-refractivity contribution in [2.24, 2.45) is 11.8 Å². The van der Waals surface area contributed by atoms with Gasteiger partial charge in [-0.05, 0) is 102 Å². The van der Waals surface area contributed by atoms with Crippen LogP contribution in [0.2, 0.25) is 0 Å². The molecule has 7 rings (SSSR count). The highest BCUT2D eigenvalue weighted by molar-refractivity contribution is 6.09. The smallest absolute Gasteiger partial charge is 0.137 e. The van der Waals surface area contributed by atoms with E-state index in [1.165, 1.54) is 45.2 Å². The molecule has 1 unspecified atom stereocenters. The third kappa shape index (κ3) is 6.48. The summed E-state index contributed by atoms with van der Waals surface area (Å²) < 4.78 is 11.4. The average molecular weight is 693 g/mol. The number of benzene rings is 3. The Balaban J connectivity index is 1.36. The summed E-state index contributed by atoms with van der Waals surface area (Å²) in [5.41, 5.74) is 10.9. The zero-order valence-electron chi connectivity index (χ0n) is 33.3. The fraction of sp³-hybridized carbons (Fsp3) is 0.404. The third-order valence-corrected chi connectivity index (χ3v) is 11.1. The molecular weight excluding hydrogens is 637 g/mol. The van der Waals surface area contributed by atoms with Crippen LogP contribution in [0.1, 0.15) is 122 Å². The molecule has 0 spiro atoms. The van der Waals surface area contributed by atoms with Crippen LogP contribution in [-0.4, -0.2) is 19.3 Å². The maximum absolute atomic E-state index is 6.86. The number of hydrogen-bond acceptors (Lipinski definition) is 3. The first-order valence-electron chi connectivity index (χ1n) is 19.1. The Morgan fingerprint density at radius 2 is 1.48 bits per heavy atom. The normalized spacial score (nSPS) is 18.4. The molecule has 52 heavy (non-hydrogen) atoms. The van der Waals surface area contributed by atoms with Gasteiger partial charge in [-0.15, -0.1) is 0 Å². The number of nitrogens with zero attached hydrogens (tertiary/aromatic N) is 4. The van der Waals surface area contributed by atoms with Crippen molar-refractivity contribution >= 4 is 21.8 Å². The molecular formula is C47H56N4O. The molecule has 1 aliphatic carbocycles. The molecule has 270 valence electrons. The lowest BCUT2D eigenvalue weighted by Gasteiger charge is -2.33. The number of rotatable bonds is 6. The molecule has 0 saturated carbocycles. The van der Waals surface area contributed by atoms with E-state index in [-0.39, 0.29) is 10.8 Å². The van der Waals surface area contributed by atoms with Gasteiger partial charge in [-0.2, -0.15) is 5.10 Å². The van der Waals surface area contributed by atoms with Crippen LogP contribution in [0, 0.1) is 18.8 Å². The van der Waals surface area contributed by atoms with Gasteiger partial charge in [0, 0.05) is 40.6 Å². The zero-order chi connectivity index (χ0) is 37.3. The second-order valence-corrected chi connectivity index (χ2v) is 17.8. The fourth-order valence-electron chi connectivity index (χ4n) is 8.60. The molecule has 0 N–H and O–H groups in total. The van der Waals surface area contributed by atoms with E-state index in [2.05, 4.69) is 171 Å². The Kier molecular flexibility index (Phi) is 9.00. The summed E-state index contributed by atoms with van der Waals surface area (Å²) in [6, 6.07) is 26.0. The van der Waals surface area contributed by atoms with E-state index >= 15 is 0 Å². The van der Waals surface area contributed by atoms with Gasteiger partial charge < -0.3 is 4.74 Å². The minimum atomic E-state index is -0.0927. The molecule has 5 nitrogen and oxygen atoms in total. The summed E-state index contributed by atoms with van der Waals surface area (Å²) in [6.07, 6.45) is 5.60. The maximum atomic E-state index is 6.86. The molecule has 3 aromatic heterocycles. The molecule has 5 heteroatoms. The summed E-state index contributed by atoms with van der Waals surface area (Å²) in [5, 5.41) is 7.66. The summed E-state index contributed by atoms with van der Waals surface area (Å²) in [6.45, 7) is 27.4. The van der Waals surface area contributed by atoms with Crippen LogP contribution in [0.5, 0.6) is 11.5 Å². The molecule has 0 saturated heterocycles. The van der Waals surface area contributed by atoms with Gasteiger partial charge >= 0.3 is 0 Å². The van der Waals surface area contributed by atoms with Crippen molar-refractivity contribution < 1.29 is 4.74 Å². The molecule has 1 aliphatic rings. The number of allylic oxidation sites excluding steroid dienone is 2. The standard InChI is InChI=1S/C47H56N4O/c1-28(2)45-44(43-30(4)21-29(3)22-31(43)5)32(6)49-51(45)35-23-34(47(10,11)12)24-37(26-35)52-36-17-18-39-38-15-13-14-16-40(38)50(41(39)27-36)42-25-33(19-20-48-42)46(7,8)9/h13-21,23-29,31,43H,22H2,1-12H3/t29-,31-,43?/m0/s1. The topological polar surface area (TPSA) is 44.9 Å². The lowest BCUT2D eigenvalue weighted by Crippen LogP contribution is -2.21. The Labute approximate surface area is 310 Å². The van der Waals surface area contributed by atoms with E-state index in [0.717, 1.165) is 39.7 Å². The highest BCUT2D eigenvalue weighted by Gasteiger charge is 2.33. The van der Waals surface area contributed by atoms with Crippen molar-refractivity contribution in [3.63, 3.8) is 0 Å². The Hall–Kier alpha value is -4.64. The van der Waals surface area contributed by atoms with Gasteiger partial charge in [0.25, 0.3) is 0 Å². The number of fused-ring (bicyclic) bond motifs is 3. The van der Waals surface area contributed by atoms with Crippen LogP contribution in [0.25, 0.3) is 33.3 Å². The summed E-state index contributed by atoms with van der Waals surface area (Å²) in [7, 11) is 0. The van der Waals surface area contributed by atoms with Gasteiger partial charge in [0.1, 0.15) is 17.3 Å². The first-order valence-corrected chi connectivity index (χ1v) is 19.1. The van der Waals surface area contributed by atoms with Crippen LogP contribution in [0.4, 0.5) is 0 Å². The highest BCUT2D eigenvalue weighted by atomic mass is 16.5. The molecule has 3 atom stereocenters. The molecule has 0 amide bonds. The molecule has 0 bridgehead atoms. The van der Waals surface area contributed by atoms with E-state index < -0.39 is 0 Å². The van der Waals surface area contributed by atoms with Crippen molar-refractivity contribution in [2.75, 3.05) is 0 Å². The van der Waals surface area contributed by atoms with E-state index in [4.69, 9.17) is 14.8 Å². The van der Waals surface area contributed by atoms with Crippen molar-refractivity contribution in [3.8, 4) is 23.0 Å².